The lowest BCUT2D eigenvalue weighted by Gasteiger charge is -2.52. The first-order valence-electron chi connectivity index (χ1n) is 6.85. The van der Waals surface area contributed by atoms with Crippen LogP contribution in [0.3, 0.4) is 0 Å². The van der Waals surface area contributed by atoms with Crippen LogP contribution in [0.25, 0.3) is 0 Å². The van der Waals surface area contributed by atoms with Crippen LogP contribution >= 0.6 is 11.8 Å². The molecule has 3 atom stereocenters. The SMILES string of the molecule is CN1C2CCC1CC(O)(C1(N)CCCSC1)C2. The highest BCUT2D eigenvalue weighted by atomic mass is 32.2. The Labute approximate surface area is 108 Å². The number of rotatable bonds is 1. The number of hydrogen-bond acceptors (Lipinski definition) is 4. The molecule has 0 aromatic rings. The van der Waals surface area contributed by atoms with E-state index in [0.29, 0.717) is 12.1 Å². The average molecular weight is 256 g/mol. The van der Waals surface area contributed by atoms with Crippen LogP contribution in [0.4, 0.5) is 0 Å². The summed E-state index contributed by atoms with van der Waals surface area (Å²) in [6.45, 7) is 0. The second-order valence-electron chi connectivity index (χ2n) is 6.30. The van der Waals surface area contributed by atoms with Crippen LogP contribution in [-0.4, -0.2) is 51.8 Å². The monoisotopic (exact) mass is 256 g/mol. The van der Waals surface area contributed by atoms with Crippen molar-refractivity contribution in [3.05, 3.63) is 0 Å². The fraction of sp³-hybridized carbons (Fsp3) is 1.00. The summed E-state index contributed by atoms with van der Waals surface area (Å²) in [5, 5.41) is 11.1. The quantitative estimate of drug-likeness (QED) is 0.740. The van der Waals surface area contributed by atoms with Crippen LogP contribution in [0.1, 0.15) is 38.5 Å². The number of aliphatic hydroxyl groups is 1. The van der Waals surface area contributed by atoms with Crippen molar-refractivity contribution in [2.75, 3.05) is 18.6 Å². The van der Waals surface area contributed by atoms with Crippen LogP contribution < -0.4 is 5.73 Å². The van der Waals surface area contributed by atoms with Crippen LogP contribution in [0.5, 0.6) is 0 Å². The number of hydrogen-bond donors (Lipinski definition) is 2. The lowest BCUT2D eigenvalue weighted by atomic mass is 9.70. The number of thioether (sulfide) groups is 1. The van der Waals surface area contributed by atoms with Crippen molar-refractivity contribution >= 4 is 11.8 Å². The van der Waals surface area contributed by atoms with E-state index in [-0.39, 0.29) is 5.54 Å². The molecule has 3 saturated heterocycles. The van der Waals surface area contributed by atoms with Gasteiger partial charge in [-0.2, -0.15) is 11.8 Å². The van der Waals surface area contributed by atoms with Gasteiger partial charge in [0.1, 0.15) is 0 Å². The topological polar surface area (TPSA) is 49.5 Å². The number of piperidine rings is 1. The third-order valence-corrected chi connectivity index (χ3v) is 6.63. The summed E-state index contributed by atoms with van der Waals surface area (Å²) in [6, 6.07) is 1.12. The third-order valence-electron chi connectivity index (χ3n) is 5.33. The first-order chi connectivity index (χ1) is 8.04. The van der Waals surface area contributed by atoms with Crippen LogP contribution in [-0.2, 0) is 0 Å². The Morgan fingerprint density at radius 1 is 1.29 bits per heavy atom. The summed E-state index contributed by atoms with van der Waals surface area (Å²) in [7, 11) is 2.21. The van der Waals surface area contributed by atoms with Gasteiger partial charge in [0.2, 0.25) is 0 Å². The molecule has 17 heavy (non-hydrogen) atoms. The summed E-state index contributed by atoms with van der Waals surface area (Å²) >= 11 is 1.92. The summed E-state index contributed by atoms with van der Waals surface area (Å²) in [5.74, 6) is 2.15. The molecule has 3 rings (SSSR count). The molecule has 3 fully saturated rings. The van der Waals surface area contributed by atoms with E-state index in [9.17, 15) is 5.11 Å². The van der Waals surface area contributed by atoms with Crippen molar-refractivity contribution in [3.8, 4) is 0 Å². The fourth-order valence-electron chi connectivity index (χ4n) is 4.03. The maximum atomic E-state index is 11.1. The Morgan fingerprint density at radius 3 is 2.47 bits per heavy atom. The van der Waals surface area contributed by atoms with Gasteiger partial charge in [0.05, 0.1) is 11.1 Å². The number of fused-ring (bicyclic) bond motifs is 2. The van der Waals surface area contributed by atoms with Crippen LogP contribution in [0.15, 0.2) is 0 Å². The largest absolute Gasteiger partial charge is 0.388 e. The van der Waals surface area contributed by atoms with E-state index >= 15 is 0 Å². The highest BCUT2D eigenvalue weighted by Crippen LogP contribution is 2.47. The Morgan fingerprint density at radius 2 is 1.94 bits per heavy atom. The van der Waals surface area contributed by atoms with Gasteiger partial charge in [-0.3, -0.25) is 0 Å². The molecule has 3 aliphatic heterocycles. The standard InChI is InChI=1S/C13H24N2OS/c1-15-10-3-4-11(15)8-13(16,7-10)12(14)5-2-6-17-9-12/h10-11,16H,2-9,14H2,1H3. The van der Waals surface area contributed by atoms with Crippen molar-refractivity contribution in [1.82, 2.24) is 4.90 Å². The first-order valence-corrected chi connectivity index (χ1v) is 8.01. The zero-order valence-corrected chi connectivity index (χ0v) is 11.5. The first kappa shape index (κ1) is 12.3. The summed E-state index contributed by atoms with van der Waals surface area (Å²) in [6.07, 6.45) is 6.42. The second kappa shape index (κ2) is 4.12. The summed E-state index contributed by atoms with van der Waals surface area (Å²) < 4.78 is 0. The third kappa shape index (κ3) is 1.84. The Bertz CT molecular complexity index is 290. The molecule has 0 aromatic heterocycles. The molecule has 3 nitrogen and oxygen atoms in total. The van der Waals surface area contributed by atoms with Gasteiger partial charge in [-0.15, -0.1) is 0 Å². The van der Waals surface area contributed by atoms with Gasteiger partial charge in [0.25, 0.3) is 0 Å². The zero-order chi connectivity index (χ0) is 12.1. The fourth-order valence-corrected chi connectivity index (χ4v) is 5.30. The van der Waals surface area contributed by atoms with Gasteiger partial charge in [-0.25, -0.2) is 0 Å². The molecule has 0 aliphatic carbocycles. The molecule has 3 unspecified atom stereocenters. The normalized spacial score (nSPS) is 51.7. The molecule has 0 aromatic carbocycles. The van der Waals surface area contributed by atoms with Gasteiger partial charge in [0.15, 0.2) is 0 Å². The molecule has 3 N–H and O–H groups in total. The van der Waals surface area contributed by atoms with Gasteiger partial charge in [-0.1, -0.05) is 0 Å². The van der Waals surface area contributed by atoms with Gasteiger partial charge >= 0.3 is 0 Å². The van der Waals surface area contributed by atoms with Crippen LogP contribution in [0.2, 0.25) is 0 Å². The Balaban J connectivity index is 1.82. The van der Waals surface area contributed by atoms with Crippen molar-refractivity contribution < 1.29 is 5.11 Å². The predicted molar refractivity (Wildman–Crippen MR) is 72.2 cm³/mol. The van der Waals surface area contributed by atoms with E-state index in [2.05, 4.69) is 11.9 Å². The predicted octanol–water partition coefficient (Wildman–Crippen LogP) is 1.20. The zero-order valence-electron chi connectivity index (χ0n) is 10.7. The molecule has 3 aliphatic rings. The number of nitrogens with zero attached hydrogens (tertiary/aromatic N) is 1. The molecule has 3 heterocycles. The molecule has 0 amide bonds. The smallest absolute Gasteiger partial charge is 0.0864 e. The van der Waals surface area contributed by atoms with E-state index in [1.807, 2.05) is 11.8 Å². The van der Waals surface area contributed by atoms with E-state index in [1.54, 1.807) is 0 Å². The van der Waals surface area contributed by atoms with Crippen molar-refractivity contribution in [1.29, 1.82) is 0 Å². The summed E-state index contributed by atoms with van der Waals surface area (Å²) in [5.41, 5.74) is 5.63. The van der Waals surface area contributed by atoms with E-state index in [1.165, 1.54) is 18.6 Å². The maximum absolute atomic E-state index is 11.1. The summed E-state index contributed by atoms with van der Waals surface area (Å²) in [4.78, 5) is 2.47. The molecule has 0 saturated carbocycles. The maximum Gasteiger partial charge on any atom is 0.0864 e. The lowest BCUT2D eigenvalue weighted by molar-refractivity contribution is -0.0943. The molecule has 4 heteroatoms. The Kier molecular flexibility index (Phi) is 2.97. The molecule has 0 radical (unpaired) electrons. The molecule has 0 spiro atoms. The minimum absolute atomic E-state index is 0.335. The number of nitrogens with two attached hydrogens (primary N) is 1. The molecule has 98 valence electrons. The van der Waals surface area contributed by atoms with E-state index in [0.717, 1.165) is 31.4 Å². The van der Waals surface area contributed by atoms with Gasteiger partial charge in [-0.05, 0) is 51.3 Å². The Hall–Kier alpha value is 0.230. The van der Waals surface area contributed by atoms with Gasteiger partial charge in [0, 0.05) is 17.8 Å². The molecule has 2 bridgehead atoms. The molecular formula is C13H24N2OS. The van der Waals surface area contributed by atoms with E-state index < -0.39 is 5.60 Å². The molecular weight excluding hydrogens is 232 g/mol. The highest BCUT2D eigenvalue weighted by molar-refractivity contribution is 7.99. The van der Waals surface area contributed by atoms with E-state index in [4.69, 9.17) is 5.73 Å². The second-order valence-corrected chi connectivity index (χ2v) is 7.41. The van der Waals surface area contributed by atoms with Gasteiger partial charge < -0.3 is 15.7 Å². The minimum Gasteiger partial charge on any atom is -0.388 e. The average Bonchev–Trinajstić information content (AvgIpc) is 2.53. The minimum atomic E-state index is -0.612. The van der Waals surface area contributed by atoms with Crippen molar-refractivity contribution in [2.45, 2.75) is 61.7 Å². The highest BCUT2D eigenvalue weighted by Gasteiger charge is 2.55. The van der Waals surface area contributed by atoms with Crippen LogP contribution in [0, 0.1) is 0 Å². The lowest BCUT2D eigenvalue weighted by Crippen LogP contribution is -2.68. The van der Waals surface area contributed by atoms with Crippen molar-refractivity contribution in [2.24, 2.45) is 5.73 Å². The van der Waals surface area contributed by atoms with Crippen molar-refractivity contribution in [3.63, 3.8) is 0 Å².